The van der Waals surface area contributed by atoms with E-state index in [2.05, 4.69) is 21.8 Å². The smallest absolute Gasteiger partial charge is 0.354 e. The van der Waals surface area contributed by atoms with Crippen LogP contribution >= 0.6 is 0 Å². The van der Waals surface area contributed by atoms with E-state index in [-0.39, 0.29) is 81.2 Å². The molecule has 1 aromatic heterocycles. The molecule has 2 aromatic carbocycles. The first-order valence-electron chi connectivity index (χ1n) is 21.2. The average molecular weight is 929 g/mol. The van der Waals surface area contributed by atoms with Gasteiger partial charge in [0, 0.05) is 45.4 Å². The zero-order valence-electron chi connectivity index (χ0n) is 37.7. The fraction of sp³-hybridized carbons (Fsp3) is 0.522. The van der Waals surface area contributed by atoms with Gasteiger partial charge in [0.1, 0.15) is 31.3 Å². The number of rotatable bonds is 38. The molecular formula is C46H60N2O18-2. The quantitative estimate of drug-likeness (QED) is 0.0368. The maximum absolute atomic E-state index is 13.5. The first-order chi connectivity index (χ1) is 32.2. The van der Waals surface area contributed by atoms with Gasteiger partial charge < -0.3 is 86.7 Å². The largest absolute Gasteiger partial charge is 0.858 e. The highest BCUT2D eigenvalue weighted by Gasteiger charge is 2.17. The number of ether oxygens (including phenoxy) is 13. The Balaban J connectivity index is 1.67. The number of carboxylic acid groups (broad SMARTS) is 2. The number of carboxylic acids is 2. The lowest BCUT2D eigenvalue weighted by Gasteiger charge is -2.21. The molecule has 20 heteroatoms. The highest BCUT2D eigenvalue weighted by molar-refractivity contribution is 5.92. The molecule has 20 nitrogen and oxygen atoms in total. The van der Waals surface area contributed by atoms with Crippen molar-refractivity contribution in [2.75, 3.05) is 153 Å². The van der Waals surface area contributed by atoms with E-state index in [0.29, 0.717) is 97.0 Å². The summed E-state index contributed by atoms with van der Waals surface area (Å²) in [5, 5.41) is 34.0. The summed E-state index contributed by atoms with van der Waals surface area (Å²) in [6.07, 6.45) is 0.409. The van der Waals surface area contributed by atoms with Crippen molar-refractivity contribution in [3.8, 4) is 34.8 Å². The van der Waals surface area contributed by atoms with Gasteiger partial charge in [0.25, 0.3) is 0 Å². The van der Waals surface area contributed by atoms with E-state index < -0.39 is 29.2 Å². The Kier molecular flexibility index (Phi) is 28.8. The lowest BCUT2D eigenvalue weighted by molar-refractivity contribution is -0.255. The molecule has 0 unspecified atom stereocenters. The summed E-state index contributed by atoms with van der Waals surface area (Å²) in [6.45, 7) is 6.50. The normalized spacial score (nSPS) is 11.2. The average Bonchev–Trinajstić information content (AvgIpc) is 3.32. The summed E-state index contributed by atoms with van der Waals surface area (Å²) in [4.78, 5) is 30.4. The minimum atomic E-state index is -1.61. The Bertz CT molecular complexity index is 1840. The third-order valence-electron chi connectivity index (χ3n) is 8.41. The van der Waals surface area contributed by atoms with Crippen LogP contribution in [0.1, 0.15) is 44.1 Å². The van der Waals surface area contributed by atoms with Gasteiger partial charge in [-0.2, -0.15) is 0 Å². The molecule has 0 fully saturated rings. The number of nitrogens with zero attached hydrogens (tertiary/aromatic N) is 2. The van der Waals surface area contributed by atoms with Crippen LogP contribution < -0.4 is 29.2 Å². The van der Waals surface area contributed by atoms with Crippen molar-refractivity contribution < 1.29 is 86.5 Å². The molecule has 0 saturated heterocycles. The van der Waals surface area contributed by atoms with Crippen molar-refractivity contribution in [1.29, 1.82) is 0 Å². The first kappa shape index (κ1) is 54.7. The number of hydrogen-bond donors (Lipinski definition) is 1. The zero-order chi connectivity index (χ0) is 47.5. The van der Waals surface area contributed by atoms with Gasteiger partial charge >= 0.3 is 5.97 Å². The Hall–Kier alpha value is -5.60. The van der Waals surface area contributed by atoms with Gasteiger partial charge in [-0.3, -0.25) is 0 Å². The van der Waals surface area contributed by atoms with Crippen LogP contribution in [0.3, 0.4) is 0 Å². The van der Waals surface area contributed by atoms with Crippen molar-refractivity contribution in [3.05, 3.63) is 76.6 Å². The minimum absolute atomic E-state index is 0.124. The molecule has 0 aliphatic heterocycles. The highest BCUT2D eigenvalue weighted by Crippen LogP contribution is 2.39. The maximum atomic E-state index is 13.5. The number of aromatic carboxylic acids is 2. The van der Waals surface area contributed by atoms with Crippen LogP contribution in [0, 0.1) is 11.8 Å². The molecule has 0 aliphatic rings. The van der Waals surface area contributed by atoms with Crippen LogP contribution in [-0.4, -0.2) is 181 Å². The number of carbonyl (C=O) groups excluding carboxylic acids is 1. The molecule has 0 aliphatic carbocycles. The highest BCUT2D eigenvalue weighted by atomic mass is 16.6. The monoisotopic (exact) mass is 928 g/mol. The van der Waals surface area contributed by atoms with Crippen molar-refractivity contribution in [2.24, 2.45) is 4.99 Å². The summed E-state index contributed by atoms with van der Waals surface area (Å²) in [6, 6.07) is 12.2. The molecule has 0 saturated carbocycles. The maximum Gasteiger partial charge on any atom is 0.354 e. The first-order valence-corrected chi connectivity index (χ1v) is 21.2. The number of aliphatic imine (C=N–C) groups is 1. The van der Waals surface area contributed by atoms with Crippen LogP contribution in [0.25, 0.3) is 0 Å². The summed E-state index contributed by atoms with van der Waals surface area (Å²) in [7, 11) is 4.80. The Morgan fingerprint density at radius 1 is 0.545 bits per heavy atom. The van der Waals surface area contributed by atoms with Gasteiger partial charge in [0.2, 0.25) is 5.75 Å². The number of carbonyl (C=O) groups is 2. The van der Waals surface area contributed by atoms with Gasteiger partial charge in [0.05, 0.1) is 117 Å². The molecule has 3 aromatic rings. The molecule has 66 heavy (non-hydrogen) atoms. The van der Waals surface area contributed by atoms with Crippen molar-refractivity contribution in [1.82, 2.24) is 4.98 Å². The van der Waals surface area contributed by atoms with E-state index in [0.717, 1.165) is 6.07 Å². The Labute approximate surface area is 384 Å². The molecule has 3 rings (SSSR count). The number of aromatic nitrogens is 1. The fourth-order valence-corrected chi connectivity index (χ4v) is 5.20. The van der Waals surface area contributed by atoms with Crippen LogP contribution in [-0.2, 0) is 42.6 Å². The molecule has 1 heterocycles. The standard InChI is InChI=1S/C46H62N2O18/c1-54-13-16-57-19-22-60-25-28-64-41-33-37(34-42(65-29-26-61-23-20-58-17-14-55-2)43(41)66-30-27-62-24-21-59-18-15-56-3)44(49)47-11-4-12-63-38-9-7-35(8-10-38)5-6-36-31-39(45(50)51)48-40(32-36)46(52)53/h7-10,31-34H,4,11-30H2,1-3H3,(H,47,49)(H,50,51)(H,52,53)/p-2. The molecule has 1 N–H and O–H groups in total. The zero-order valence-corrected chi connectivity index (χ0v) is 37.7. The van der Waals surface area contributed by atoms with Crippen LogP contribution in [0.2, 0.25) is 0 Å². The Morgan fingerprint density at radius 3 is 1.45 bits per heavy atom. The number of hydrogen-bond acceptors (Lipinski definition) is 19. The van der Waals surface area contributed by atoms with Crippen LogP contribution in [0.15, 0.2) is 53.5 Å². The van der Waals surface area contributed by atoms with E-state index in [4.69, 9.17) is 61.6 Å². The van der Waals surface area contributed by atoms with Gasteiger partial charge in [0.15, 0.2) is 11.5 Å². The fourth-order valence-electron chi connectivity index (χ4n) is 5.20. The second-order valence-corrected chi connectivity index (χ2v) is 13.4. The lowest BCUT2D eigenvalue weighted by atomic mass is 10.1. The number of pyridine rings is 1. The van der Waals surface area contributed by atoms with Crippen molar-refractivity contribution in [2.45, 2.75) is 6.42 Å². The van der Waals surface area contributed by atoms with E-state index in [9.17, 15) is 24.9 Å². The van der Waals surface area contributed by atoms with Crippen molar-refractivity contribution in [3.63, 3.8) is 0 Å². The van der Waals surface area contributed by atoms with Crippen LogP contribution in [0.4, 0.5) is 0 Å². The van der Waals surface area contributed by atoms with E-state index in [1.54, 1.807) is 57.7 Å². The molecule has 0 spiro atoms. The number of methoxy groups -OCH3 is 3. The third-order valence-corrected chi connectivity index (χ3v) is 8.41. The SMILES string of the molecule is COCCOCCOCCOc1cc(C([O-])=NCCCOc2ccc(C#Cc3cc(C(=O)[O-])nc(C(=O)O)c3)cc2)cc(OCCOCCOCCOC)c1OCCOCCOCCOC. The molecule has 0 amide bonds. The van der Waals surface area contributed by atoms with E-state index in [1.807, 2.05) is 0 Å². The third kappa shape index (κ3) is 23.5. The van der Waals surface area contributed by atoms with Crippen molar-refractivity contribution >= 4 is 17.8 Å². The molecule has 0 bridgehead atoms. The second kappa shape index (κ2) is 34.7. The van der Waals surface area contributed by atoms with Gasteiger partial charge in [-0.25, -0.2) is 9.78 Å². The number of benzene rings is 2. The molecule has 364 valence electrons. The lowest BCUT2D eigenvalue weighted by Crippen LogP contribution is -2.24. The Morgan fingerprint density at radius 2 is 0.985 bits per heavy atom. The van der Waals surface area contributed by atoms with Gasteiger partial charge in [-0.1, -0.05) is 11.8 Å². The predicted octanol–water partition coefficient (Wildman–Crippen LogP) is 1.29. The molecule has 0 radical (unpaired) electrons. The van der Waals surface area contributed by atoms with Gasteiger partial charge in [-0.05, 0) is 60.0 Å². The van der Waals surface area contributed by atoms with E-state index >= 15 is 0 Å². The topological polar surface area (TPSA) is 246 Å². The summed E-state index contributed by atoms with van der Waals surface area (Å²) >= 11 is 0. The predicted molar refractivity (Wildman–Crippen MR) is 233 cm³/mol. The van der Waals surface area contributed by atoms with Gasteiger partial charge in [-0.15, -0.1) is 0 Å². The molecular weight excluding hydrogens is 869 g/mol. The second-order valence-electron chi connectivity index (χ2n) is 13.4. The summed E-state index contributed by atoms with van der Waals surface area (Å²) < 4.78 is 72.5. The summed E-state index contributed by atoms with van der Waals surface area (Å²) in [5.74, 6) is 3.36. The molecule has 0 atom stereocenters. The van der Waals surface area contributed by atoms with Crippen LogP contribution in [0.5, 0.6) is 23.0 Å². The minimum Gasteiger partial charge on any atom is -0.858 e. The van der Waals surface area contributed by atoms with E-state index in [1.165, 1.54) is 6.07 Å². The summed E-state index contributed by atoms with van der Waals surface area (Å²) in [5.41, 5.74) is -0.0778.